The zero-order valence-electron chi connectivity index (χ0n) is 30.3. The van der Waals surface area contributed by atoms with Crippen LogP contribution in [0.1, 0.15) is 82.2 Å². The molecule has 0 bridgehead atoms. The molecule has 1 saturated carbocycles. The summed E-state index contributed by atoms with van der Waals surface area (Å²) in [4.78, 5) is 11.6. The zero-order valence-corrected chi connectivity index (χ0v) is 30.3. The average molecular weight is 664 g/mol. The van der Waals surface area contributed by atoms with Gasteiger partial charge in [-0.25, -0.2) is 9.37 Å². The van der Waals surface area contributed by atoms with Gasteiger partial charge in [-0.15, -0.1) is 0 Å². The van der Waals surface area contributed by atoms with Gasteiger partial charge in [-0.05, 0) is 131 Å². The molecule has 1 fully saturated rings. The van der Waals surface area contributed by atoms with Crippen LogP contribution in [0, 0.1) is 11.7 Å². The second kappa shape index (κ2) is 18.4. The van der Waals surface area contributed by atoms with E-state index in [0.29, 0.717) is 11.4 Å². The Balaban J connectivity index is 0.00000265. The number of nitrogens with zero attached hydrogens (tertiary/aromatic N) is 4. The number of nitrogens with one attached hydrogen (secondary N) is 3. The highest BCUT2D eigenvalue weighted by molar-refractivity contribution is 5.88. The van der Waals surface area contributed by atoms with Crippen molar-refractivity contribution in [1.29, 1.82) is 0 Å². The molecule has 0 amide bonds. The van der Waals surface area contributed by atoms with E-state index < -0.39 is 0 Å². The van der Waals surface area contributed by atoms with Crippen LogP contribution >= 0.6 is 0 Å². The van der Waals surface area contributed by atoms with Crippen LogP contribution in [0.15, 0.2) is 85.4 Å². The molecule has 1 aliphatic rings. The predicted molar refractivity (Wildman–Crippen MR) is 204 cm³/mol. The quantitative estimate of drug-likeness (QED) is 0.110. The molecule has 260 valence electrons. The van der Waals surface area contributed by atoms with E-state index in [9.17, 15) is 4.39 Å². The van der Waals surface area contributed by atoms with Crippen LogP contribution in [0.5, 0.6) is 0 Å². The molecule has 4 aromatic rings. The van der Waals surface area contributed by atoms with Crippen molar-refractivity contribution in [2.75, 3.05) is 27.2 Å². The third-order valence-electron chi connectivity index (χ3n) is 8.95. The molecular formula is C41H54FN7. The van der Waals surface area contributed by atoms with E-state index in [-0.39, 0.29) is 5.82 Å². The largest absolute Gasteiger partial charge is 0.358 e. The molecule has 0 atom stereocenters. The van der Waals surface area contributed by atoms with Gasteiger partial charge >= 0.3 is 0 Å². The normalized spacial score (nSPS) is 14.1. The SMILES string of the molecule is C=C/C=C(\C(C)=C(/C)NC(=C)c1n[nH]c2ccc(-c3cncc(CNCC4CCCC4)c3)nc12)c1cc(F)cc(CCCN(C)C)c1.CC. The molecule has 49 heavy (non-hydrogen) atoms. The van der Waals surface area contributed by atoms with Gasteiger partial charge in [-0.3, -0.25) is 10.1 Å². The van der Waals surface area contributed by atoms with Crippen LogP contribution in [-0.2, 0) is 13.0 Å². The summed E-state index contributed by atoms with van der Waals surface area (Å²) in [5.74, 6) is 0.548. The van der Waals surface area contributed by atoms with Crippen molar-refractivity contribution in [2.24, 2.45) is 5.92 Å². The summed E-state index contributed by atoms with van der Waals surface area (Å²) in [6.07, 6.45) is 14.6. The molecule has 0 spiro atoms. The number of H-pyrrole nitrogens is 1. The van der Waals surface area contributed by atoms with E-state index in [1.165, 1.54) is 25.7 Å². The lowest BCUT2D eigenvalue weighted by molar-refractivity contribution is 0.400. The highest BCUT2D eigenvalue weighted by Crippen LogP contribution is 2.29. The van der Waals surface area contributed by atoms with Gasteiger partial charge in [-0.2, -0.15) is 5.10 Å². The molecule has 0 aliphatic heterocycles. The van der Waals surface area contributed by atoms with Crippen LogP contribution in [0.3, 0.4) is 0 Å². The monoisotopic (exact) mass is 663 g/mol. The van der Waals surface area contributed by atoms with Gasteiger partial charge in [0.15, 0.2) is 0 Å². The average Bonchev–Trinajstić information content (AvgIpc) is 3.77. The predicted octanol–water partition coefficient (Wildman–Crippen LogP) is 9.08. The second-order valence-corrected chi connectivity index (χ2v) is 13.0. The van der Waals surface area contributed by atoms with Crippen LogP contribution in [0.2, 0.25) is 0 Å². The van der Waals surface area contributed by atoms with Crippen LogP contribution in [0.4, 0.5) is 4.39 Å². The van der Waals surface area contributed by atoms with Gasteiger partial charge in [0.2, 0.25) is 0 Å². The van der Waals surface area contributed by atoms with Crippen molar-refractivity contribution in [3.05, 3.63) is 114 Å². The number of benzene rings is 1. The smallest absolute Gasteiger partial charge is 0.134 e. The van der Waals surface area contributed by atoms with E-state index in [2.05, 4.69) is 56.0 Å². The molecule has 1 aliphatic carbocycles. The summed E-state index contributed by atoms with van der Waals surface area (Å²) in [5, 5.41) is 14.7. The Kier molecular flexibility index (Phi) is 14.0. The van der Waals surface area contributed by atoms with Crippen LogP contribution in [-0.4, -0.2) is 52.3 Å². The molecule has 3 N–H and O–H groups in total. The van der Waals surface area contributed by atoms with Crippen molar-refractivity contribution in [2.45, 2.75) is 72.8 Å². The third kappa shape index (κ3) is 10.3. The van der Waals surface area contributed by atoms with E-state index >= 15 is 0 Å². The Labute approximate surface area is 292 Å². The van der Waals surface area contributed by atoms with Gasteiger partial charge in [-0.1, -0.05) is 58.1 Å². The fourth-order valence-corrected chi connectivity index (χ4v) is 6.32. The maximum Gasteiger partial charge on any atom is 0.134 e. The Hall–Kier alpha value is -4.40. The summed E-state index contributed by atoms with van der Waals surface area (Å²) in [7, 11) is 4.10. The first-order chi connectivity index (χ1) is 23.7. The number of rotatable bonds is 15. The summed E-state index contributed by atoms with van der Waals surface area (Å²) in [6.45, 7) is 19.0. The molecule has 0 radical (unpaired) electrons. The van der Waals surface area contributed by atoms with Crippen molar-refractivity contribution in [1.82, 2.24) is 35.7 Å². The number of pyridine rings is 2. The van der Waals surface area contributed by atoms with E-state index in [1.54, 1.807) is 18.2 Å². The number of hydrogen-bond donors (Lipinski definition) is 3. The first-order valence-electron chi connectivity index (χ1n) is 17.6. The summed E-state index contributed by atoms with van der Waals surface area (Å²) >= 11 is 0. The number of aryl methyl sites for hydroxylation is 1. The highest BCUT2D eigenvalue weighted by Gasteiger charge is 2.16. The van der Waals surface area contributed by atoms with Gasteiger partial charge in [0.05, 0.1) is 16.9 Å². The number of halogens is 1. The minimum atomic E-state index is -0.244. The molecule has 0 saturated heterocycles. The molecule has 3 aromatic heterocycles. The fraction of sp³-hybridized carbons (Fsp3) is 0.390. The molecule has 0 unspecified atom stereocenters. The van der Waals surface area contributed by atoms with Crippen molar-refractivity contribution in [3.8, 4) is 11.3 Å². The summed E-state index contributed by atoms with van der Waals surface area (Å²) in [6, 6.07) is 11.4. The van der Waals surface area contributed by atoms with Crippen molar-refractivity contribution < 1.29 is 4.39 Å². The highest BCUT2D eigenvalue weighted by atomic mass is 19.1. The number of allylic oxidation sites excluding steroid dienone is 5. The Morgan fingerprint density at radius 2 is 1.84 bits per heavy atom. The maximum absolute atomic E-state index is 14.8. The van der Waals surface area contributed by atoms with E-state index in [1.807, 2.05) is 72.4 Å². The molecule has 5 rings (SSSR count). The Morgan fingerprint density at radius 3 is 2.57 bits per heavy atom. The number of hydrogen-bond acceptors (Lipinski definition) is 6. The molecule has 8 heteroatoms. The lowest BCUT2D eigenvalue weighted by Gasteiger charge is -2.16. The standard InChI is InChI=1S/C39H48FN7.C2H6/c1-7-11-35(32-18-30(20-34(40)21-32)14-10-17-47(5)6)26(2)27(3)43-28(4)38-39-37(45-46-38)16-15-36(44-39)33-19-31(24-42-25-33)23-41-22-29-12-8-9-13-29;1-2/h7,11,15-16,18-21,24-25,29,41,43H,1,4,8-10,12-14,17,22-23H2,2-3,5-6H3,(H,45,46);1-2H3/b27-26+,35-11+;. The van der Waals surface area contributed by atoms with Crippen LogP contribution < -0.4 is 10.6 Å². The van der Waals surface area contributed by atoms with Gasteiger partial charge < -0.3 is 15.5 Å². The lowest BCUT2D eigenvalue weighted by atomic mass is 9.94. The Bertz CT molecular complexity index is 1780. The number of aromatic amines is 1. The number of fused-ring (bicyclic) bond motifs is 1. The fourth-order valence-electron chi connectivity index (χ4n) is 6.32. The second-order valence-electron chi connectivity index (χ2n) is 13.0. The molecular weight excluding hydrogens is 609 g/mol. The number of aromatic nitrogens is 4. The Morgan fingerprint density at radius 1 is 1.06 bits per heavy atom. The topological polar surface area (TPSA) is 81.8 Å². The first-order valence-corrected chi connectivity index (χ1v) is 17.6. The van der Waals surface area contributed by atoms with Crippen molar-refractivity contribution in [3.63, 3.8) is 0 Å². The van der Waals surface area contributed by atoms with Gasteiger partial charge in [0, 0.05) is 30.2 Å². The molecule has 1 aromatic carbocycles. The minimum absolute atomic E-state index is 0.244. The minimum Gasteiger partial charge on any atom is -0.358 e. The van der Waals surface area contributed by atoms with E-state index in [0.717, 1.165) is 94.2 Å². The summed E-state index contributed by atoms with van der Waals surface area (Å²) in [5.41, 5.74) is 10.2. The lowest BCUT2D eigenvalue weighted by Crippen LogP contribution is -2.20. The van der Waals surface area contributed by atoms with Crippen molar-refractivity contribution >= 4 is 22.3 Å². The van der Waals surface area contributed by atoms with Gasteiger partial charge in [0.1, 0.15) is 17.0 Å². The molecule has 7 nitrogen and oxygen atoms in total. The van der Waals surface area contributed by atoms with Gasteiger partial charge in [0.25, 0.3) is 0 Å². The van der Waals surface area contributed by atoms with E-state index in [4.69, 9.17) is 4.98 Å². The molecule has 3 heterocycles. The third-order valence-corrected chi connectivity index (χ3v) is 8.95. The maximum atomic E-state index is 14.8. The van der Waals surface area contributed by atoms with Crippen LogP contribution in [0.25, 0.3) is 33.6 Å². The summed E-state index contributed by atoms with van der Waals surface area (Å²) < 4.78 is 14.8. The zero-order chi connectivity index (χ0) is 35.3. The first kappa shape index (κ1) is 37.4.